The minimum Gasteiger partial charge on any atom is -0.398 e. The molecule has 1 heterocycles. The topological polar surface area (TPSA) is 116 Å². The third-order valence-electron chi connectivity index (χ3n) is 2.99. The lowest BCUT2D eigenvalue weighted by Crippen LogP contribution is -2.54. The number of amides is 1. The molecule has 0 aliphatic carbocycles. The van der Waals surface area contributed by atoms with Gasteiger partial charge in [-0.05, 0) is 34.1 Å². The van der Waals surface area contributed by atoms with Crippen LogP contribution in [0.2, 0.25) is 0 Å². The number of halogens is 1. The summed E-state index contributed by atoms with van der Waals surface area (Å²) < 4.78 is 31.8. The molecule has 1 amide bonds. The van der Waals surface area contributed by atoms with Gasteiger partial charge in [-0.25, -0.2) is 8.42 Å². The molecule has 7 nitrogen and oxygen atoms in total. The summed E-state index contributed by atoms with van der Waals surface area (Å²) in [6, 6.07) is 3.28. The van der Waals surface area contributed by atoms with E-state index in [9.17, 15) is 13.2 Å². The predicted molar refractivity (Wildman–Crippen MR) is 76.2 cm³/mol. The van der Waals surface area contributed by atoms with Crippen LogP contribution in [-0.4, -0.2) is 44.4 Å². The number of nitrogen functional groups attached to an aromatic ring is 1. The van der Waals surface area contributed by atoms with Crippen molar-refractivity contribution in [2.24, 2.45) is 5.73 Å². The van der Waals surface area contributed by atoms with E-state index in [0.29, 0.717) is 10.2 Å². The zero-order valence-electron chi connectivity index (χ0n) is 10.5. The van der Waals surface area contributed by atoms with Crippen LogP contribution in [0.3, 0.4) is 0 Å². The van der Waals surface area contributed by atoms with Gasteiger partial charge in [-0.2, -0.15) is 4.31 Å². The number of anilines is 1. The van der Waals surface area contributed by atoms with Crippen molar-refractivity contribution >= 4 is 37.5 Å². The molecular weight excluding hydrogens is 350 g/mol. The first-order chi connectivity index (χ1) is 9.34. The van der Waals surface area contributed by atoms with E-state index in [4.69, 9.17) is 16.2 Å². The van der Waals surface area contributed by atoms with Crippen LogP contribution in [0.1, 0.15) is 0 Å². The van der Waals surface area contributed by atoms with Crippen molar-refractivity contribution in [1.82, 2.24) is 4.31 Å². The maximum absolute atomic E-state index is 12.6. The molecule has 1 fully saturated rings. The van der Waals surface area contributed by atoms with E-state index < -0.39 is 22.0 Å². The summed E-state index contributed by atoms with van der Waals surface area (Å²) in [5.41, 5.74) is 11.3. The Hall–Kier alpha value is -1.16. The van der Waals surface area contributed by atoms with E-state index in [1.165, 1.54) is 18.2 Å². The molecule has 0 aromatic heterocycles. The molecule has 2 rings (SSSR count). The zero-order valence-corrected chi connectivity index (χ0v) is 12.9. The van der Waals surface area contributed by atoms with Crippen molar-refractivity contribution in [3.63, 3.8) is 0 Å². The number of benzene rings is 1. The predicted octanol–water partition coefficient (Wildman–Crippen LogP) is -0.0939. The molecule has 1 saturated heterocycles. The van der Waals surface area contributed by atoms with Crippen molar-refractivity contribution < 1.29 is 17.9 Å². The Bertz CT molecular complexity index is 635. The molecule has 0 saturated carbocycles. The number of ether oxygens (including phenoxy) is 1. The SMILES string of the molecule is NC(=O)C1COCCN1S(=O)(=O)c1ccc(N)c(Br)c1. The standard InChI is InChI=1S/C11H14BrN3O4S/c12-8-5-7(1-2-9(8)13)20(17,18)15-3-4-19-6-10(15)11(14)16/h1-2,5,10H,3-4,6,13H2,(H2,14,16). The number of primary amides is 1. The van der Waals surface area contributed by atoms with Crippen LogP contribution < -0.4 is 11.5 Å². The van der Waals surface area contributed by atoms with Crippen LogP contribution in [0.15, 0.2) is 27.6 Å². The second-order valence-electron chi connectivity index (χ2n) is 4.29. The van der Waals surface area contributed by atoms with Crippen LogP contribution in [0.4, 0.5) is 5.69 Å². The molecule has 0 spiro atoms. The number of nitrogens with two attached hydrogens (primary N) is 2. The van der Waals surface area contributed by atoms with E-state index in [-0.39, 0.29) is 24.7 Å². The minimum absolute atomic E-state index is 0.0370. The van der Waals surface area contributed by atoms with Gasteiger partial charge < -0.3 is 16.2 Å². The van der Waals surface area contributed by atoms with Crippen molar-refractivity contribution in [3.8, 4) is 0 Å². The normalized spacial score (nSPS) is 20.8. The zero-order chi connectivity index (χ0) is 14.9. The fraction of sp³-hybridized carbons (Fsp3) is 0.364. The summed E-state index contributed by atoms with van der Waals surface area (Å²) >= 11 is 3.18. The molecule has 4 N–H and O–H groups in total. The molecule has 0 radical (unpaired) electrons. The average molecular weight is 364 g/mol. The number of nitrogens with zero attached hydrogens (tertiary/aromatic N) is 1. The van der Waals surface area contributed by atoms with Gasteiger partial charge >= 0.3 is 0 Å². The van der Waals surface area contributed by atoms with Gasteiger partial charge in [-0.1, -0.05) is 0 Å². The Morgan fingerprint density at radius 2 is 2.15 bits per heavy atom. The van der Waals surface area contributed by atoms with Crippen molar-refractivity contribution in [3.05, 3.63) is 22.7 Å². The van der Waals surface area contributed by atoms with E-state index in [1.807, 2.05) is 0 Å². The lowest BCUT2D eigenvalue weighted by Gasteiger charge is -2.32. The molecule has 0 bridgehead atoms. The van der Waals surface area contributed by atoms with Crippen LogP contribution in [0, 0.1) is 0 Å². The molecule has 110 valence electrons. The monoisotopic (exact) mass is 363 g/mol. The minimum atomic E-state index is -3.83. The Morgan fingerprint density at radius 1 is 1.45 bits per heavy atom. The smallest absolute Gasteiger partial charge is 0.244 e. The van der Waals surface area contributed by atoms with E-state index in [2.05, 4.69) is 15.9 Å². The number of rotatable bonds is 3. The van der Waals surface area contributed by atoms with Crippen molar-refractivity contribution in [1.29, 1.82) is 0 Å². The van der Waals surface area contributed by atoms with E-state index in [0.717, 1.165) is 4.31 Å². The van der Waals surface area contributed by atoms with Crippen molar-refractivity contribution in [2.45, 2.75) is 10.9 Å². The first-order valence-electron chi connectivity index (χ1n) is 5.78. The second-order valence-corrected chi connectivity index (χ2v) is 7.04. The molecule has 1 aliphatic heterocycles. The van der Waals surface area contributed by atoms with Gasteiger partial charge in [0.2, 0.25) is 15.9 Å². The van der Waals surface area contributed by atoms with Gasteiger partial charge in [0.25, 0.3) is 0 Å². The molecule has 1 unspecified atom stereocenters. The van der Waals surface area contributed by atoms with Gasteiger partial charge in [0.15, 0.2) is 0 Å². The molecule has 20 heavy (non-hydrogen) atoms. The maximum Gasteiger partial charge on any atom is 0.244 e. The Kier molecular flexibility index (Phi) is 4.33. The van der Waals surface area contributed by atoms with Gasteiger partial charge in [-0.3, -0.25) is 4.79 Å². The number of hydrogen-bond donors (Lipinski definition) is 2. The highest BCUT2D eigenvalue weighted by Crippen LogP contribution is 2.26. The number of carbonyl (C=O) groups excluding carboxylic acids is 1. The van der Waals surface area contributed by atoms with Gasteiger partial charge in [0.1, 0.15) is 6.04 Å². The third-order valence-corrected chi connectivity index (χ3v) is 5.58. The van der Waals surface area contributed by atoms with Crippen LogP contribution in [-0.2, 0) is 19.6 Å². The fourth-order valence-corrected chi connectivity index (χ4v) is 4.03. The summed E-state index contributed by atoms with van der Waals surface area (Å²) in [5, 5.41) is 0. The average Bonchev–Trinajstić information content (AvgIpc) is 2.41. The molecular formula is C11H14BrN3O4S. The first kappa shape index (κ1) is 15.2. The molecule has 1 atom stereocenters. The highest BCUT2D eigenvalue weighted by Gasteiger charge is 2.37. The van der Waals surface area contributed by atoms with Gasteiger partial charge in [0, 0.05) is 16.7 Å². The van der Waals surface area contributed by atoms with Gasteiger partial charge in [-0.15, -0.1) is 0 Å². The van der Waals surface area contributed by atoms with E-state index >= 15 is 0 Å². The largest absolute Gasteiger partial charge is 0.398 e. The molecule has 1 aromatic carbocycles. The van der Waals surface area contributed by atoms with Crippen molar-refractivity contribution in [2.75, 3.05) is 25.5 Å². The molecule has 1 aliphatic rings. The summed E-state index contributed by atoms with van der Waals surface area (Å²) in [5.74, 6) is -0.734. The number of hydrogen-bond acceptors (Lipinski definition) is 5. The quantitative estimate of drug-likeness (QED) is 0.727. The lowest BCUT2D eigenvalue weighted by atomic mass is 10.3. The maximum atomic E-state index is 12.6. The second kappa shape index (κ2) is 5.68. The van der Waals surface area contributed by atoms with Crippen LogP contribution >= 0.6 is 15.9 Å². The molecule has 1 aromatic rings. The summed E-state index contributed by atoms with van der Waals surface area (Å²) in [7, 11) is -3.83. The Morgan fingerprint density at radius 3 is 2.75 bits per heavy atom. The fourth-order valence-electron chi connectivity index (χ4n) is 1.90. The highest BCUT2D eigenvalue weighted by atomic mass is 79.9. The molecule has 9 heteroatoms. The number of carbonyl (C=O) groups is 1. The van der Waals surface area contributed by atoms with Gasteiger partial charge in [0.05, 0.1) is 18.1 Å². The van der Waals surface area contributed by atoms with E-state index in [1.54, 1.807) is 0 Å². The summed E-state index contributed by atoms with van der Waals surface area (Å²) in [6.45, 7) is 0.266. The number of sulfonamides is 1. The number of morpholine rings is 1. The first-order valence-corrected chi connectivity index (χ1v) is 8.01. The summed E-state index contributed by atoms with van der Waals surface area (Å²) in [4.78, 5) is 11.4. The van der Waals surface area contributed by atoms with Crippen LogP contribution in [0.5, 0.6) is 0 Å². The third kappa shape index (κ3) is 2.80. The highest BCUT2D eigenvalue weighted by molar-refractivity contribution is 9.10. The summed E-state index contributed by atoms with van der Waals surface area (Å²) in [6.07, 6.45) is 0. The Labute approximate surface area is 125 Å². The Balaban J connectivity index is 2.42. The van der Waals surface area contributed by atoms with Crippen LogP contribution in [0.25, 0.3) is 0 Å². The lowest BCUT2D eigenvalue weighted by molar-refractivity contribution is -0.125.